The Hall–Kier alpha value is -1.53. The zero-order valence-corrected chi connectivity index (χ0v) is 11.4. The number of rotatable bonds is 3. The Kier molecular flexibility index (Phi) is 3.58. The quantitative estimate of drug-likeness (QED) is 0.932. The number of carboxylic acid groups (broad SMARTS) is 1. The Labute approximate surface area is 115 Å². The van der Waals surface area contributed by atoms with Gasteiger partial charge in [-0.3, -0.25) is 0 Å². The molecule has 1 heterocycles. The summed E-state index contributed by atoms with van der Waals surface area (Å²) in [6.07, 6.45) is 0. The maximum Gasteiger partial charge on any atom is 0.359 e. The summed E-state index contributed by atoms with van der Waals surface area (Å²) in [5, 5.41) is 12.7. The van der Waals surface area contributed by atoms with E-state index in [1.807, 2.05) is 0 Å². The van der Waals surface area contributed by atoms with E-state index in [0.717, 1.165) is 0 Å². The normalized spacial score (nSPS) is 10.4. The number of aromatic nitrogens is 1. The van der Waals surface area contributed by atoms with Gasteiger partial charge in [0.05, 0.1) is 12.1 Å². The first-order valence-electron chi connectivity index (χ1n) is 4.77. The lowest BCUT2D eigenvalue weighted by Crippen LogP contribution is -1.96. The number of aromatic carboxylic acids is 1. The predicted molar refractivity (Wildman–Crippen MR) is 68.2 cm³/mol. The molecular weight excluding hydrogens is 325 g/mol. The monoisotopic (exact) mass is 331 g/mol. The van der Waals surface area contributed by atoms with E-state index in [0.29, 0.717) is 16.3 Å². The Morgan fingerprint density at radius 1 is 1.56 bits per heavy atom. The first kappa shape index (κ1) is 12.9. The number of halogens is 2. The van der Waals surface area contributed by atoms with Crippen LogP contribution >= 0.6 is 27.5 Å². The van der Waals surface area contributed by atoms with Crippen molar-refractivity contribution in [3.63, 3.8) is 0 Å². The van der Waals surface area contributed by atoms with Crippen LogP contribution in [0.2, 0.25) is 5.02 Å². The molecule has 0 spiro atoms. The van der Waals surface area contributed by atoms with Gasteiger partial charge in [-0.25, -0.2) is 4.79 Å². The molecule has 0 saturated carbocycles. The van der Waals surface area contributed by atoms with E-state index in [9.17, 15) is 4.79 Å². The average molecular weight is 333 g/mol. The molecule has 1 N–H and O–H groups in total. The minimum Gasteiger partial charge on any atom is -0.497 e. The predicted octanol–water partition coefficient (Wildman–Crippen LogP) is 3.46. The van der Waals surface area contributed by atoms with Gasteiger partial charge in [0.15, 0.2) is 5.76 Å². The summed E-state index contributed by atoms with van der Waals surface area (Å²) in [4.78, 5) is 10.8. The van der Waals surface area contributed by atoms with Crippen LogP contribution in [0.25, 0.3) is 11.3 Å². The fourth-order valence-electron chi connectivity index (χ4n) is 1.39. The van der Waals surface area contributed by atoms with E-state index in [1.54, 1.807) is 18.2 Å². The smallest absolute Gasteiger partial charge is 0.359 e. The summed E-state index contributed by atoms with van der Waals surface area (Å²) in [5.41, 5.74) is 0.334. The molecule has 7 heteroatoms. The molecule has 0 unspecified atom stereocenters. The van der Waals surface area contributed by atoms with Gasteiger partial charge in [-0.05, 0) is 34.1 Å². The summed E-state index contributed by atoms with van der Waals surface area (Å²) in [7, 11) is 1.53. The second kappa shape index (κ2) is 4.99. The van der Waals surface area contributed by atoms with Gasteiger partial charge in [0.25, 0.3) is 0 Å². The fourth-order valence-corrected chi connectivity index (χ4v) is 2.17. The third-order valence-corrected chi connectivity index (χ3v) is 3.31. The number of carbonyl (C=O) groups is 1. The lowest BCUT2D eigenvalue weighted by Gasteiger charge is -2.03. The molecule has 1 aromatic carbocycles. The Bertz CT molecular complexity index is 611. The van der Waals surface area contributed by atoms with Gasteiger partial charge in [-0.2, -0.15) is 0 Å². The summed E-state index contributed by atoms with van der Waals surface area (Å²) in [6.45, 7) is 0. The molecule has 0 bridgehead atoms. The van der Waals surface area contributed by atoms with E-state index in [1.165, 1.54) is 7.11 Å². The van der Waals surface area contributed by atoms with E-state index in [-0.39, 0.29) is 15.9 Å². The largest absolute Gasteiger partial charge is 0.497 e. The Morgan fingerprint density at radius 3 is 2.78 bits per heavy atom. The maximum atomic E-state index is 10.8. The van der Waals surface area contributed by atoms with Crippen molar-refractivity contribution in [3.05, 3.63) is 33.4 Å². The number of methoxy groups -OCH3 is 1. The molecule has 0 aliphatic carbocycles. The lowest BCUT2D eigenvalue weighted by atomic mass is 10.1. The van der Waals surface area contributed by atoms with Crippen molar-refractivity contribution < 1.29 is 19.2 Å². The first-order chi connectivity index (χ1) is 8.54. The van der Waals surface area contributed by atoms with Gasteiger partial charge >= 0.3 is 5.97 Å². The van der Waals surface area contributed by atoms with Crippen LogP contribution in [0, 0.1) is 0 Å². The molecule has 94 valence electrons. The topological polar surface area (TPSA) is 72.6 Å². The molecule has 0 aliphatic heterocycles. The number of carboxylic acids is 1. The second-order valence-corrected chi connectivity index (χ2v) is 4.53. The summed E-state index contributed by atoms with van der Waals surface area (Å²) in [5.74, 6) is -0.320. The molecule has 2 rings (SSSR count). The third kappa shape index (κ3) is 2.21. The van der Waals surface area contributed by atoms with Gasteiger partial charge in [0, 0.05) is 5.56 Å². The Morgan fingerprint density at radius 2 is 2.28 bits per heavy atom. The molecule has 2 aromatic rings. The summed E-state index contributed by atoms with van der Waals surface area (Å²) >= 11 is 9.20. The third-order valence-electron chi connectivity index (χ3n) is 2.26. The zero-order chi connectivity index (χ0) is 13.3. The van der Waals surface area contributed by atoms with Gasteiger partial charge < -0.3 is 14.4 Å². The zero-order valence-electron chi connectivity index (χ0n) is 9.11. The standard InChI is InChI=1S/C11H7BrClNO4/c1-17-5-2-3-6(7(13)4-5)10-8(12)9(11(15)16)14-18-10/h2-4H,1H3,(H,15,16). The van der Waals surface area contributed by atoms with Crippen molar-refractivity contribution in [2.75, 3.05) is 7.11 Å². The number of hydrogen-bond donors (Lipinski definition) is 1. The number of nitrogens with zero attached hydrogens (tertiary/aromatic N) is 1. The minimum absolute atomic E-state index is 0.197. The van der Waals surface area contributed by atoms with Crippen LogP contribution in [-0.2, 0) is 0 Å². The molecule has 0 atom stereocenters. The highest BCUT2D eigenvalue weighted by Gasteiger charge is 2.22. The molecule has 0 fully saturated rings. The van der Waals surface area contributed by atoms with Crippen molar-refractivity contribution in [3.8, 4) is 17.1 Å². The SMILES string of the molecule is COc1ccc(-c2onc(C(=O)O)c2Br)c(Cl)c1. The highest BCUT2D eigenvalue weighted by atomic mass is 79.9. The van der Waals surface area contributed by atoms with Crippen LogP contribution in [0.3, 0.4) is 0 Å². The van der Waals surface area contributed by atoms with E-state index >= 15 is 0 Å². The maximum absolute atomic E-state index is 10.8. The van der Waals surface area contributed by atoms with Gasteiger partial charge in [0.1, 0.15) is 10.2 Å². The van der Waals surface area contributed by atoms with E-state index in [4.69, 9.17) is 26.0 Å². The van der Waals surface area contributed by atoms with Crippen LogP contribution in [0.4, 0.5) is 0 Å². The first-order valence-corrected chi connectivity index (χ1v) is 5.94. The average Bonchev–Trinajstić information content (AvgIpc) is 2.71. The van der Waals surface area contributed by atoms with E-state index < -0.39 is 5.97 Å². The minimum atomic E-state index is -1.18. The van der Waals surface area contributed by atoms with Crippen molar-refractivity contribution in [1.29, 1.82) is 0 Å². The molecule has 0 saturated heterocycles. The van der Waals surface area contributed by atoms with E-state index in [2.05, 4.69) is 21.1 Å². The fraction of sp³-hybridized carbons (Fsp3) is 0.0909. The second-order valence-electron chi connectivity index (χ2n) is 3.33. The number of hydrogen-bond acceptors (Lipinski definition) is 4. The highest BCUT2D eigenvalue weighted by molar-refractivity contribution is 9.10. The van der Waals surface area contributed by atoms with Gasteiger partial charge in [-0.15, -0.1) is 0 Å². The molecule has 0 radical (unpaired) electrons. The van der Waals surface area contributed by atoms with Gasteiger partial charge in [0.2, 0.25) is 5.69 Å². The van der Waals surface area contributed by atoms with Crippen LogP contribution < -0.4 is 4.74 Å². The van der Waals surface area contributed by atoms with Crippen LogP contribution in [0.1, 0.15) is 10.5 Å². The number of ether oxygens (including phenoxy) is 1. The molecule has 18 heavy (non-hydrogen) atoms. The van der Waals surface area contributed by atoms with Crippen molar-refractivity contribution in [2.45, 2.75) is 0 Å². The lowest BCUT2D eigenvalue weighted by molar-refractivity contribution is 0.0685. The summed E-state index contributed by atoms with van der Waals surface area (Å²) in [6, 6.07) is 4.96. The number of benzene rings is 1. The molecule has 5 nitrogen and oxygen atoms in total. The van der Waals surface area contributed by atoms with Crippen LogP contribution in [0.5, 0.6) is 5.75 Å². The highest BCUT2D eigenvalue weighted by Crippen LogP contribution is 2.37. The Balaban J connectivity index is 2.52. The van der Waals surface area contributed by atoms with Crippen molar-refractivity contribution >= 4 is 33.5 Å². The molecule has 0 amide bonds. The van der Waals surface area contributed by atoms with Crippen LogP contribution in [-0.4, -0.2) is 23.3 Å². The van der Waals surface area contributed by atoms with Crippen LogP contribution in [0.15, 0.2) is 27.2 Å². The van der Waals surface area contributed by atoms with Crippen molar-refractivity contribution in [1.82, 2.24) is 5.16 Å². The van der Waals surface area contributed by atoms with Crippen molar-refractivity contribution in [2.24, 2.45) is 0 Å². The summed E-state index contributed by atoms with van der Waals surface area (Å²) < 4.78 is 10.3. The molecular formula is C11H7BrClNO4. The molecule has 1 aromatic heterocycles. The molecule has 0 aliphatic rings. The van der Waals surface area contributed by atoms with Gasteiger partial charge in [-0.1, -0.05) is 16.8 Å².